The Bertz CT molecular complexity index is 521. The van der Waals surface area contributed by atoms with Crippen molar-refractivity contribution in [1.82, 2.24) is 9.80 Å². The number of benzene rings is 1. The monoisotopic (exact) mass is 272 g/mol. The second-order valence-electron chi connectivity index (χ2n) is 7.79. The summed E-state index contributed by atoms with van der Waals surface area (Å²) in [5.41, 5.74) is 1.28. The van der Waals surface area contributed by atoms with Crippen LogP contribution in [-0.4, -0.2) is 52.9 Å². The van der Waals surface area contributed by atoms with E-state index >= 15 is 0 Å². The molecule has 1 aromatic carbocycles. The van der Waals surface area contributed by atoms with E-state index in [0.29, 0.717) is 0 Å². The Kier molecular flexibility index (Phi) is 2.34. The van der Waals surface area contributed by atoms with Gasteiger partial charge in [-0.3, -0.25) is 9.80 Å². The van der Waals surface area contributed by atoms with Crippen molar-refractivity contribution >= 4 is 0 Å². The van der Waals surface area contributed by atoms with Crippen LogP contribution in [0.15, 0.2) is 30.3 Å². The first-order valence-corrected chi connectivity index (χ1v) is 7.62. The standard InChI is InChI=1S/C17H24N2O/c1-15(2)18-9-16(3)10-19(15)12-17(11-18,14(16)20)13-7-5-4-6-8-13/h4-8,14,20H,9-12H2,1-3H3/t14-,16?,17?/m1/s1. The quantitative estimate of drug-likeness (QED) is 0.842. The van der Waals surface area contributed by atoms with Crippen molar-refractivity contribution < 1.29 is 5.11 Å². The topological polar surface area (TPSA) is 26.7 Å². The minimum absolute atomic E-state index is 0.0120. The summed E-state index contributed by atoms with van der Waals surface area (Å²) in [4.78, 5) is 5.14. The predicted molar refractivity (Wildman–Crippen MR) is 79.5 cm³/mol. The highest BCUT2D eigenvalue weighted by atomic mass is 16.3. The summed E-state index contributed by atoms with van der Waals surface area (Å²) >= 11 is 0. The van der Waals surface area contributed by atoms with Gasteiger partial charge in [0.25, 0.3) is 0 Å². The molecular weight excluding hydrogens is 248 g/mol. The van der Waals surface area contributed by atoms with E-state index in [1.165, 1.54) is 5.56 Å². The Balaban J connectivity index is 1.86. The summed E-state index contributed by atoms with van der Waals surface area (Å²) in [6.45, 7) is 10.8. The number of nitrogens with zero attached hydrogens (tertiary/aromatic N) is 2. The minimum atomic E-state index is -0.249. The van der Waals surface area contributed by atoms with E-state index in [4.69, 9.17) is 0 Å². The van der Waals surface area contributed by atoms with E-state index in [-0.39, 0.29) is 22.6 Å². The van der Waals surface area contributed by atoms with Gasteiger partial charge in [0.2, 0.25) is 0 Å². The van der Waals surface area contributed by atoms with Crippen LogP contribution in [-0.2, 0) is 5.41 Å². The fourth-order valence-electron chi connectivity index (χ4n) is 4.86. The molecule has 4 aliphatic rings. The zero-order valence-electron chi connectivity index (χ0n) is 12.6. The maximum Gasteiger partial charge on any atom is 0.0739 e. The maximum atomic E-state index is 11.1. The highest BCUT2D eigenvalue weighted by Gasteiger charge is 2.66. The van der Waals surface area contributed by atoms with Crippen molar-refractivity contribution in [3.63, 3.8) is 0 Å². The Morgan fingerprint density at radius 2 is 1.50 bits per heavy atom. The number of rotatable bonds is 1. The molecule has 4 fully saturated rings. The summed E-state index contributed by atoms with van der Waals surface area (Å²) < 4.78 is 0. The Morgan fingerprint density at radius 3 is 2.05 bits per heavy atom. The molecule has 3 nitrogen and oxygen atoms in total. The normalized spacial score (nSPS) is 48.5. The summed E-state index contributed by atoms with van der Waals surface area (Å²) in [7, 11) is 0. The third kappa shape index (κ3) is 1.36. The second kappa shape index (κ2) is 3.65. The average molecular weight is 272 g/mol. The second-order valence-corrected chi connectivity index (χ2v) is 7.79. The molecule has 1 aromatic rings. The van der Waals surface area contributed by atoms with Crippen LogP contribution in [0.25, 0.3) is 0 Å². The van der Waals surface area contributed by atoms with Crippen molar-refractivity contribution in [2.24, 2.45) is 5.41 Å². The largest absolute Gasteiger partial charge is 0.391 e. The number of hydrogen-bond donors (Lipinski definition) is 1. The van der Waals surface area contributed by atoms with Gasteiger partial charge in [-0.05, 0) is 19.4 Å². The maximum absolute atomic E-state index is 11.1. The molecule has 20 heavy (non-hydrogen) atoms. The van der Waals surface area contributed by atoms with Crippen molar-refractivity contribution in [2.75, 3.05) is 26.2 Å². The van der Waals surface area contributed by atoms with Crippen LogP contribution in [0.3, 0.4) is 0 Å². The van der Waals surface area contributed by atoms with Gasteiger partial charge in [0.05, 0.1) is 11.8 Å². The van der Waals surface area contributed by atoms with Gasteiger partial charge in [0, 0.05) is 37.0 Å². The molecule has 1 N–H and O–H groups in total. The lowest BCUT2D eigenvalue weighted by Gasteiger charge is -2.72. The molecule has 4 heterocycles. The van der Waals surface area contributed by atoms with Gasteiger partial charge in [-0.15, -0.1) is 0 Å². The van der Waals surface area contributed by atoms with Gasteiger partial charge in [-0.1, -0.05) is 37.3 Å². The zero-order valence-corrected chi connectivity index (χ0v) is 12.6. The third-order valence-electron chi connectivity index (χ3n) is 6.13. The number of aliphatic hydroxyl groups is 1. The molecule has 0 amide bonds. The molecular formula is C17H24N2O. The zero-order chi connectivity index (χ0) is 14.2. The van der Waals surface area contributed by atoms with Crippen molar-refractivity contribution in [3.05, 3.63) is 35.9 Å². The summed E-state index contributed by atoms with van der Waals surface area (Å²) in [5.74, 6) is 0. The van der Waals surface area contributed by atoms with Crippen LogP contribution < -0.4 is 0 Å². The van der Waals surface area contributed by atoms with Crippen LogP contribution >= 0.6 is 0 Å². The lowest BCUT2D eigenvalue weighted by molar-refractivity contribution is -0.258. The Labute approximate surface area is 121 Å². The first-order chi connectivity index (χ1) is 9.38. The number of hydrogen-bond acceptors (Lipinski definition) is 3. The highest BCUT2D eigenvalue weighted by molar-refractivity contribution is 5.35. The molecule has 2 unspecified atom stereocenters. The van der Waals surface area contributed by atoms with Gasteiger partial charge >= 0.3 is 0 Å². The van der Waals surface area contributed by atoms with Crippen molar-refractivity contribution in [2.45, 2.75) is 38.0 Å². The van der Waals surface area contributed by atoms with Gasteiger partial charge in [-0.25, -0.2) is 0 Å². The van der Waals surface area contributed by atoms with E-state index in [2.05, 4.69) is 60.9 Å². The van der Waals surface area contributed by atoms with Crippen molar-refractivity contribution in [1.29, 1.82) is 0 Å². The molecule has 0 aliphatic carbocycles. The molecule has 4 aliphatic heterocycles. The molecule has 0 radical (unpaired) electrons. The third-order valence-corrected chi connectivity index (χ3v) is 6.13. The van der Waals surface area contributed by atoms with Gasteiger partial charge in [0.15, 0.2) is 0 Å². The molecule has 108 valence electrons. The SMILES string of the molecule is CC12CN3CC(c4ccccc4)(CN(C1)C3(C)C)[C@@H]2O. The van der Waals surface area contributed by atoms with Gasteiger partial charge in [-0.2, -0.15) is 0 Å². The van der Waals surface area contributed by atoms with E-state index in [9.17, 15) is 5.11 Å². The summed E-state index contributed by atoms with van der Waals surface area (Å²) in [6, 6.07) is 10.6. The van der Waals surface area contributed by atoms with E-state index in [1.54, 1.807) is 0 Å². The minimum Gasteiger partial charge on any atom is -0.391 e. The number of aliphatic hydroxyl groups excluding tert-OH is 1. The Morgan fingerprint density at radius 1 is 0.950 bits per heavy atom. The molecule has 0 saturated carbocycles. The van der Waals surface area contributed by atoms with Gasteiger partial charge in [0.1, 0.15) is 0 Å². The number of piperidine rings is 2. The van der Waals surface area contributed by atoms with Crippen LogP contribution in [0.5, 0.6) is 0 Å². The fourth-order valence-corrected chi connectivity index (χ4v) is 4.86. The molecule has 5 rings (SSSR count). The highest BCUT2D eigenvalue weighted by Crippen LogP contribution is 2.54. The molecule has 0 spiro atoms. The molecule has 4 saturated heterocycles. The van der Waals surface area contributed by atoms with Gasteiger partial charge < -0.3 is 5.11 Å². The van der Waals surface area contributed by atoms with Crippen LogP contribution in [0.4, 0.5) is 0 Å². The molecule has 3 atom stereocenters. The predicted octanol–water partition coefficient (Wildman–Crippen LogP) is 1.67. The average Bonchev–Trinajstić information content (AvgIpc) is 2.40. The van der Waals surface area contributed by atoms with E-state index < -0.39 is 0 Å². The lowest BCUT2D eigenvalue weighted by atomic mass is 9.56. The molecule has 4 bridgehead atoms. The van der Waals surface area contributed by atoms with Crippen LogP contribution in [0.1, 0.15) is 26.3 Å². The van der Waals surface area contributed by atoms with E-state index in [0.717, 1.165) is 26.2 Å². The first-order valence-electron chi connectivity index (χ1n) is 7.62. The van der Waals surface area contributed by atoms with Crippen LogP contribution in [0.2, 0.25) is 0 Å². The van der Waals surface area contributed by atoms with Crippen molar-refractivity contribution in [3.8, 4) is 0 Å². The molecule has 3 heteroatoms. The fraction of sp³-hybridized carbons (Fsp3) is 0.647. The first kappa shape index (κ1) is 12.8. The molecule has 0 aromatic heterocycles. The Hall–Kier alpha value is -0.900. The smallest absolute Gasteiger partial charge is 0.0739 e. The summed E-state index contributed by atoms with van der Waals surface area (Å²) in [5, 5.41) is 11.1. The van der Waals surface area contributed by atoms with Crippen LogP contribution in [0, 0.1) is 5.41 Å². The van der Waals surface area contributed by atoms with E-state index in [1.807, 2.05) is 0 Å². The summed E-state index contributed by atoms with van der Waals surface area (Å²) in [6.07, 6.45) is -0.249. The lowest BCUT2D eigenvalue weighted by Crippen LogP contribution is -2.84.